The van der Waals surface area contributed by atoms with Crippen molar-refractivity contribution in [1.29, 1.82) is 0 Å². The summed E-state index contributed by atoms with van der Waals surface area (Å²) >= 11 is 0. The number of nitrogens with one attached hydrogen (secondary N) is 1. The number of halogens is 3. The zero-order valence-electron chi connectivity index (χ0n) is 11.0. The van der Waals surface area contributed by atoms with Crippen LogP contribution < -0.4 is 11.1 Å². The van der Waals surface area contributed by atoms with Crippen LogP contribution in [0, 0.1) is 6.92 Å². The number of aryl methyl sites for hydroxylation is 1. The molecule has 0 spiro atoms. The van der Waals surface area contributed by atoms with Gasteiger partial charge in [-0.25, -0.2) is 0 Å². The molecule has 0 aliphatic rings. The van der Waals surface area contributed by atoms with Crippen molar-refractivity contribution in [3.63, 3.8) is 0 Å². The molecule has 20 heavy (non-hydrogen) atoms. The highest BCUT2D eigenvalue weighted by atomic mass is 19.4. The number of benzene rings is 2. The van der Waals surface area contributed by atoms with Crippen molar-refractivity contribution in [3.05, 3.63) is 59.2 Å². The van der Waals surface area contributed by atoms with E-state index in [-0.39, 0.29) is 5.69 Å². The first kappa shape index (κ1) is 14.2. The molecule has 0 unspecified atom stereocenters. The molecular weight excluding hydrogens is 265 g/mol. The summed E-state index contributed by atoms with van der Waals surface area (Å²) in [6, 6.07) is 11.2. The summed E-state index contributed by atoms with van der Waals surface area (Å²) in [5.74, 6) is 0. The number of anilines is 2. The molecule has 5 heteroatoms. The predicted octanol–water partition coefficient (Wildman–Crippen LogP) is 4.21. The Morgan fingerprint density at radius 3 is 2.25 bits per heavy atom. The lowest BCUT2D eigenvalue weighted by molar-refractivity contribution is -0.137. The number of nitrogen functional groups attached to an aromatic ring is 1. The van der Waals surface area contributed by atoms with Gasteiger partial charge >= 0.3 is 6.18 Å². The maximum atomic E-state index is 12.5. The van der Waals surface area contributed by atoms with E-state index in [4.69, 9.17) is 5.73 Å². The third kappa shape index (κ3) is 3.44. The first-order valence-electron chi connectivity index (χ1n) is 6.12. The van der Waals surface area contributed by atoms with Crippen LogP contribution in [0.1, 0.15) is 16.7 Å². The lowest BCUT2D eigenvalue weighted by Gasteiger charge is -2.12. The Labute approximate surface area is 115 Å². The summed E-state index contributed by atoms with van der Waals surface area (Å²) in [6.07, 6.45) is -4.37. The molecule has 0 bridgehead atoms. The average molecular weight is 280 g/mol. The Kier molecular flexibility index (Phi) is 3.88. The fourth-order valence-electron chi connectivity index (χ4n) is 1.80. The summed E-state index contributed by atoms with van der Waals surface area (Å²) in [4.78, 5) is 0. The summed E-state index contributed by atoms with van der Waals surface area (Å²) < 4.78 is 37.5. The third-order valence-electron chi connectivity index (χ3n) is 2.98. The van der Waals surface area contributed by atoms with Gasteiger partial charge < -0.3 is 11.1 Å². The monoisotopic (exact) mass is 280 g/mol. The van der Waals surface area contributed by atoms with E-state index in [0.717, 1.165) is 23.3 Å². The van der Waals surface area contributed by atoms with Crippen LogP contribution in [0.15, 0.2) is 42.5 Å². The van der Waals surface area contributed by atoms with E-state index in [1.807, 2.05) is 31.2 Å². The largest absolute Gasteiger partial charge is 0.416 e. The molecule has 2 rings (SSSR count). The fraction of sp³-hybridized carbons (Fsp3) is 0.200. The van der Waals surface area contributed by atoms with Crippen molar-refractivity contribution < 1.29 is 13.2 Å². The molecule has 0 radical (unpaired) electrons. The zero-order valence-corrected chi connectivity index (χ0v) is 11.0. The Morgan fingerprint density at radius 2 is 1.70 bits per heavy atom. The highest BCUT2D eigenvalue weighted by molar-refractivity contribution is 5.67. The lowest BCUT2D eigenvalue weighted by atomic mass is 10.1. The lowest BCUT2D eigenvalue weighted by Crippen LogP contribution is -2.08. The maximum absolute atomic E-state index is 12.5. The van der Waals surface area contributed by atoms with Crippen LogP contribution in [0.3, 0.4) is 0 Å². The van der Waals surface area contributed by atoms with Gasteiger partial charge in [0, 0.05) is 6.54 Å². The van der Waals surface area contributed by atoms with Crippen LogP contribution >= 0.6 is 0 Å². The van der Waals surface area contributed by atoms with Crippen molar-refractivity contribution in [1.82, 2.24) is 0 Å². The molecule has 0 atom stereocenters. The zero-order chi connectivity index (χ0) is 14.8. The average Bonchev–Trinajstić information content (AvgIpc) is 2.38. The Hall–Kier alpha value is -2.17. The van der Waals surface area contributed by atoms with Gasteiger partial charge in [0.15, 0.2) is 0 Å². The van der Waals surface area contributed by atoms with Crippen LogP contribution in [0.4, 0.5) is 24.5 Å². The van der Waals surface area contributed by atoms with Gasteiger partial charge in [-0.1, -0.05) is 29.8 Å². The number of alkyl halides is 3. The van der Waals surface area contributed by atoms with Crippen LogP contribution in [-0.4, -0.2) is 0 Å². The van der Waals surface area contributed by atoms with Gasteiger partial charge in [0.2, 0.25) is 0 Å². The van der Waals surface area contributed by atoms with E-state index in [2.05, 4.69) is 5.32 Å². The molecule has 2 aromatic carbocycles. The van der Waals surface area contributed by atoms with Crippen molar-refractivity contribution in [2.24, 2.45) is 0 Å². The second-order valence-corrected chi connectivity index (χ2v) is 4.64. The fourth-order valence-corrected chi connectivity index (χ4v) is 1.80. The van der Waals surface area contributed by atoms with E-state index in [9.17, 15) is 13.2 Å². The van der Waals surface area contributed by atoms with Crippen molar-refractivity contribution >= 4 is 11.4 Å². The summed E-state index contributed by atoms with van der Waals surface area (Å²) in [5, 5.41) is 3.03. The minimum absolute atomic E-state index is 0.0898. The molecule has 0 aliphatic heterocycles. The molecule has 0 aromatic heterocycles. The summed E-state index contributed by atoms with van der Waals surface area (Å²) in [5.41, 5.74) is 7.68. The molecule has 0 aliphatic carbocycles. The van der Waals surface area contributed by atoms with E-state index in [1.165, 1.54) is 6.07 Å². The highest BCUT2D eigenvalue weighted by Crippen LogP contribution is 2.32. The smallest absolute Gasteiger partial charge is 0.397 e. The molecule has 2 nitrogen and oxygen atoms in total. The van der Waals surface area contributed by atoms with Gasteiger partial charge in [-0.05, 0) is 30.7 Å². The topological polar surface area (TPSA) is 38.0 Å². The van der Waals surface area contributed by atoms with Gasteiger partial charge in [0.05, 0.1) is 16.9 Å². The highest BCUT2D eigenvalue weighted by Gasteiger charge is 2.30. The van der Waals surface area contributed by atoms with Gasteiger partial charge in [0.1, 0.15) is 0 Å². The number of rotatable bonds is 3. The van der Waals surface area contributed by atoms with Gasteiger partial charge in [-0.3, -0.25) is 0 Å². The van der Waals surface area contributed by atoms with Crippen LogP contribution in [-0.2, 0) is 12.7 Å². The molecule has 0 fully saturated rings. The molecular formula is C15H15F3N2. The summed E-state index contributed by atoms with van der Waals surface area (Å²) in [6.45, 7) is 2.50. The molecule has 0 saturated heterocycles. The van der Waals surface area contributed by atoms with Crippen LogP contribution in [0.25, 0.3) is 0 Å². The van der Waals surface area contributed by atoms with Crippen molar-refractivity contribution in [2.45, 2.75) is 19.6 Å². The molecule has 0 amide bonds. The molecule has 2 aromatic rings. The van der Waals surface area contributed by atoms with Crippen molar-refractivity contribution in [2.75, 3.05) is 11.1 Å². The van der Waals surface area contributed by atoms with Gasteiger partial charge in [0.25, 0.3) is 0 Å². The molecule has 0 heterocycles. The number of hydrogen-bond acceptors (Lipinski definition) is 2. The van der Waals surface area contributed by atoms with Crippen molar-refractivity contribution in [3.8, 4) is 0 Å². The van der Waals surface area contributed by atoms with E-state index >= 15 is 0 Å². The molecule has 106 valence electrons. The third-order valence-corrected chi connectivity index (χ3v) is 2.98. The van der Waals surface area contributed by atoms with Gasteiger partial charge in [-0.2, -0.15) is 13.2 Å². The Balaban J connectivity index is 2.08. The molecule has 3 N–H and O–H groups in total. The maximum Gasteiger partial charge on any atom is 0.416 e. The standard InChI is InChI=1S/C15H15F3N2/c1-10-2-4-11(5-3-10)9-20-14-7-6-12(8-13(14)19)15(16,17)18/h2-8,20H,9,19H2,1H3. The summed E-state index contributed by atoms with van der Waals surface area (Å²) in [7, 11) is 0. The van der Waals surface area contributed by atoms with E-state index in [0.29, 0.717) is 12.2 Å². The quantitative estimate of drug-likeness (QED) is 0.827. The minimum Gasteiger partial charge on any atom is -0.397 e. The van der Waals surface area contributed by atoms with E-state index < -0.39 is 11.7 Å². The Bertz CT molecular complexity index is 589. The predicted molar refractivity (Wildman–Crippen MR) is 74.4 cm³/mol. The molecule has 0 saturated carbocycles. The Morgan fingerprint density at radius 1 is 1.05 bits per heavy atom. The van der Waals surface area contributed by atoms with Crippen LogP contribution in [0.5, 0.6) is 0 Å². The first-order chi connectivity index (χ1) is 9.36. The van der Waals surface area contributed by atoms with Gasteiger partial charge in [-0.15, -0.1) is 0 Å². The SMILES string of the molecule is Cc1ccc(CNc2ccc(C(F)(F)F)cc2N)cc1. The number of nitrogens with two attached hydrogens (primary N) is 1. The second-order valence-electron chi connectivity index (χ2n) is 4.64. The number of hydrogen-bond donors (Lipinski definition) is 2. The normalized spacial score (nSPS) is 11.4. The first-order valence-corrected chi connectivity index (χ1v) is 6.12. The van der Waals surface area contributed by atoms with E-state index in [1.54, 1.807) is 0 Å². The minimum atomic E-state index is -4.37. The van der Waals surface area contributed by atoms with Crippen LogP contribution in [0.2, 0.25) is 0 Å². The second kappa shape index (κ2) is 5.45.